The van der Waals surface area contributed by atoms with Gasteiger partial charge in [0.05, 0.1) is 11.3 Å². The minimum atomic E-state index is -4.60. The lowest BCUT2D eigenvalue weighted by Gasteiger charge is -2.13. The zero-order valence-electron chi connectivity index (χ0n) is 13.8. The Balaban J connectivity index is 2.21. The Morgan fingerprint density at radius 2 is 1.61 bits per heavy atom. The first-order chi connectivity index (χ1) is 13.0. The molecule has 0 aliphatic rings. The van der Waals surface area contributed by atoms with Crippen LogP contribution < -0.4 is 5.14 Å². The van der Waals surface area contributed by atoms with Crippen LogP contribution in [0.15, 0.2) is 59.6 Å². The quantitative estimate of drug-likeness (QED) is 0.648. The lowest BCUT2D eigenvalue weighted by molar-refractivity contribution is -0.137. The summed E-state index contributed by atoms with van der Waals surface area (Å²) in [6.07, 6.45) is -3.31. The number of benzene rings is 2. The van der Waals surface area contributed by atoms with Crippen molar-refractivity contribution in [3.05, 3.63) is 71.9 Å². The summed E-state index contributed by atoms with van der Waals surface area (Å²) in [6, 6.07) is 7.96. The minimum Gasteiger partial charge on any atom is -0.256 e. The van der Waals surface area contributed by atoms with Gasteiger partial charge in [-0.25, -0.2) is 22.3 Å². The topological polar surface area (TPSA) is 73.1 Å². The highest BCUT2D eigenvalue weighted by Crippen LogP contribution is 2.36. The van der Waals surface area contributed by atoms with Crippen molar-refractivity contribution in [1.82, 2.24) is 4.98 Å². The Labute approximate surface area is 156 Å². The van der Waals surface area contributed by atoms with Crippen molar-refractivity contribution < 1.29 is 30.4 Å². The molecule has 1 heterocycles. The maximum Gasteiger partial charge on any atom is 0.416 e. The molecule has 0 aliphatic carbocycles. The third-order valence-corrected chi connectivity index (χ3v) is 4.82. The molecule has 28 heavy (non-hydrogen) atoms. The first kappa shape index (κ1) is 19.9. The van der Waals surface area contributed by atoms with Crippen LogP contribution in [0.1, 0.15) is 5.56 Å². The van der Waals surface area contributed by atoms with Crippen LogP contribution in [0.4, 0.5) is 22.0 Å². The normalized spacial score (nSPS) is 12.2. The molecule has 3 rings (SSSR count). The molecule has 3 aromatic rings. The van der Waals surface area contributed by atoms with E-state index < -0.39 is 38.3 Å². The molecule has 146 valence electrons. The second-order valence-electron chi connectivity index (χ2n) is 5.79. The summed E-state index contributed by atoms with van der Waals surface area (Å²) < 4.78 is 90.3. The first-order valence-corrected chi connectivity index (χ1v) is 9.18. The molecule has 2 N–H and O–H groups in total. The standard InChI is InChI=1S/C18H11F5N2O2S/c19-14-9-16(28(24,26)27)15(20)8-13(14)12-5-2-6-25-17(12)10-3-1-4-11(7-10)18(21,22)23/h1-9H,(H2,24,26,27). The van der Waals surface area contributed by atoms with E-state index in [1.807, 2.05) is 0 Å². The van der Waals surface area contributed by atoms with Gasteiger partial charge in [-0.2, -0.15) is 13.2 Å². The fourth-order valence-electron chi connectivity index (χ4n) is 2.65. The summed E-state index contributed by atoms with van der Waals surface area (Å²) in [5, 5.41) is 4.84. The van der Waals surface area contributed by atoms with Gasteiger partial charge in [0.2, 0.25) is 10.0 Å². The lowest BCUT2D eigenvalue weighted by Crippen LogP contribution is -2.14. The number of sulfonamides is 1. The van der Waals surface area contributed by atoms with Crippen LogP contribution in [0.25, 0.3) is 22.4 Å². The molecule has 10 heteroatoms. The van der Waals surface area contributed by atoms with E-state index in [1.54, 1.807) is 0 Å². The van der Waals surface area contributed by atoms with Crippen molar-refractivity contribution in [1.29, 1.82) is 0 Å². The zero-order valence-corrected chi connectivity index (χ0v) is 14.7. The summed E-state index contributed by atoms with van der Waals surface area (Å²) >= 11 is 0. The number of nitrogens with two attached hydrogens (primary N) is 1. The van der Waals surface area contributed by atoms with Gasteiger partial charge in [0, 0.05) is 22.9 Å². The van der Waals surface area contributed by atoms with E-state index in [0.717, 1.165) is 18.2 Å². The molecule has 4 nitrogen and oxygen atoms in total. The number of hydrogen-bond acceptors (Lipinski definition) is 3. The van der Waals surface area contributed by atoms with E-state index in [-0.39, 0.29) is 22.4 Å². The average molecular weight is 414 g/mol. The van der Waals surface area contributed by atoms with E-state index in [1.165, 1.54) is 24.4 Å². The predicted octanol–water partition coefficient (Wildman–Crippen LogP) is 4.36. The van der Waals surface area contributed by atoms with Gasteiger partial charge in [-0.15, -0.1) is 0 Å². The Hall–Kier alpha value is -2.85. The van der Waals surface area contributed by atoms with E-state index in [9.17, 15) is 30.4 Å². The number of nitrogens with zero attached hydrogens (tertiary/aromatic N) is 1. The van der Waals surface area contributed by atoms with Crippen LogP contribution in [-0.4, -0.2) is 13.4 Å². The van der Waals surface area contributed by atoms with E-state index in [0.29, 0.717) is 12.1 Å². The molecule has 2 aromatic carbocycles. The van der Waals surface area contributed by atoms with Crippen molar-refractivity contribution in [3.8, 4) is 22.4 Å². The second kappa shape index (κ2) is 6.95. The number of halogens is 5. The SMILES string of the molecule is NS(=O)(=O)c1cc(F)c(-c2cccnc2-c2cccc(C(F)(F)F)c2)cc1F. The average Bonchev–Trinajstić information content (AvgIpc) is 2.62. The molecule has 0 saturated carbocycles. The van der Waals surface area contributed by atoms with Crippen molar-refractivity contribution in [2.24, 2.45) is 5.14 Å². The molecule has 0 fully saturated rings. The van der Waals surface area contributed by atoms with Crippen LogP contribution in [0.3, 0.4) is 0 Å². The molecular formula is C18H11F5N2O2S. The Kier molecular flexibility index (Phi) is 4.94. The second-order valence-corrected chi connectivity index (χ2v) is 7.32. The van der Waals surface area contributed by atoms with Gasteiger partial charge in [0.15, 0.2) is 0 Å². The van der Waals surface area contributed by atoms with Gasteiger partial charge in [-0.1, -0.05) is 18.2 Å². The van der Waals surface area contributed by atoms with E-state index in [2.05, 4.69) is 4.98 Å². The van der Waals surface area contributed by atoms with E-state index in [4.69, 9.17) is 5.14 Å². The van der Waals surface area contributed by atoms with Crippen LogP contribution in [-0.2, 0) is 16.2 Å². The summed E-state index contributed by atoms with van der Waals surface area (Å²) in [6.45, 7) is 0. The lowest BCUT2D eigenvalue weighted by atomic mass is 9.97. The minimum absolute atomic E-state index is 0.0146. The number of hydrogen-bond donors (Lipinski definition) is 1. The Morgan fingerprint density at radius 1 is 0.893 bits per heavy atom. The molecule has 0 unspecified atom stereocenters. The van der Waals surface area contributed by atoms with E-state index >= 15 is 0 Å². The molecule has 1 aromatic heterocycles. The van der Waals surface area contributed by atoms with Crippen molar-refractivity contribution in [2.75, 3.05) is 0 Å². The van der Waals surface area contributed by atoms with Gasteiger partial charge < -0.3 is 0 Å². The molecule has 0 amide bonds. The third-order valence-electron chi connectivity index (χ3n) is 3.89. The number of pyridine rings is 1. The van der Waals surface area contributed by atoms with Crippen molar-refractivity contribution >= 4 is 10.0 Å². The van der Waals surface area contributed by atoms with Crippen molar-refractivity contribution in [3.63, 3.8) is 0 Å². The van der Waals surface area contributed by atoms with Crippen LogP contribution >= 0.6 is 0 Å². The maximum atomic E-state index is 14.5. The third kappa shape index (κ3) is 3.87. The van der Waals surface area contributed by atoms with Gasteiger partial charge in [0.1, 0.15) is 16.5 Å². The van der Waals surface area contributed by atoms with Gasteiger partial charge in [0.25, 0.3) is 0 Å². The van der Waals surface area contributed by atoms with Gasteiger partial charge >= 0.3 is 6.18 Å². The molecule has 0 aliphatic heterocycles. The Morgan fingerprint density at radius 3 is 2.25 bits per heavy atom. The number of alkyl halides is 3. The maximum absolute atomic E-state index is 14.5. The molecule has 0 radical (unpaired) electrons. The monoisotopic (exact) mass is 414 g/mol. The number of aromatic nitrogens is 1. The van der Waals surface area contributed by atoms with Crippen LogP contribution in [0.2, 0.25) is 0 Å². The highest BCUT2D eigenvalue weighted by atomic mass is 32.2. The molecule has 0 saturated heterocycles. The van der Waals surface area contributed by atoms with Crippen LogP contribution in [0, 0.1) is 11.6 Å². The van der Waals surface area contributed by atoms with Gasteiger partial charge in [-0.3, -0.25) is 4.98 Å². The smallest absolute Gasteiger partial charge is 0.256 e. The fourth-order valence-corrected chi connectivity index (χ4v) is 3.25. The molecule has 0 spiro atoms. The summed E-state index contributed by atoms with van der Waals surface area (Å²) in [5.74, 6) is -2.41. The van der Waals surface area contributed by atoms with Crippen molar-refractivity contribution in [2.45, 2.75) is 11.1 Å². The number of primary sulfonamides is 1. The first-order valence-electron chi connectivity index (χ1n) is 7.63. The predicted molar refractivity (Wildman–Crippen MR) is 91.4 cm³/mol. The Bertz CT molecular complexity index is 1160. The summed E-state index contributed by atoms with van der Waals surface area (Å²) in [4.78, 5) is 2.96. The molecule has 0 atom stereocenters. The van der Waals surface area contributed by atoms with Crippen LogP contribution in [0.5, 0.6) is 0 Å². The molecule has 0 bridgehead atoms. The highest BCUT2D eigenvalue weighted by molar-refractivity contribution is 7.89. The van der Waals surface area contributed by atoms with Gasteiger partial charge in [-0.05, 0) is 30.3 Å². The summed E-state index contributed by atoms with van der Waals surface area (Å²) in [7, 11) is -4.49. The molecular weight excluding hydrogens is 403 g/mol. The number of rotatable bonds is 3. The fraction of sp³-hybridized carbons (Fsp3) is 0.0556. The zero-order chi connectivity index (χ0) is 20.7. The summed E-state index contributed by atoms with van der Waals surface area (Å²) in [5.41, 5.74) is -1.32. The largest absolute Gasteiger partial charge is 0.416 e. The highest BCUT2D eigenvalue weighted by Gasteiger charge is 2.31.